The van der Waals surface area contributed by atoms with Crippen molar-refractivity contribution in [2.45, 2.75) is 32.9 Å². The molecule has 1 nitrogen and oxygen atoms in total. The molecule has 0 bridgehead atoms. The second kappa shape index (κ2) is 5.99. The van der Waals surface area contributed by atoms with E-state index in [9.17, 15) is 22.4 Å². The SMILES string of the molecule is CCC(=CC(=O)c1ccc(F)c(C(F)(F)F)c1)CC. The fourth-order valence-electron chi connectivity index (χ4n) is 1.62. The number of carbonyl (C=O) groups is 1. The molecule has 104 valence electrons. The standard InChI is InChI=1S/C14H14F4O/c1-3-9(4-2)7-13(19)10-5-6-12(15)11(8-10)14(16,17)18/h5-8H,3-4H2,1-2H3. The molecule has 0 radical (unpaired) electrons. The Kier molecular flexibility index (Phi) is 4.86. The maximum atomic E-state index is 13.1. The van der Waals surface area contributed by atoms with Gasteiger partial charge in [0.25, 0.3) is 0 Å². The van der Waals surface area contributed by atoms with Gasteiger partial charge < -0.3 is 0 Å². The van der Waals surface area contributed by atoms with Crippen LogP contribution in [0.25, 0.3) is 0 Å². The zero-order valence-corrected chi connectivity index (χ0v) is 10.6. The Labute approximate surface area is 108 Å². The fourth-order valence-corrected chi connectivity index (χ4v) is 1.62. The summed E-state index contributed by atoms with van der Waals surface area (Å²) in [5, 5.41) is 0. The fraction of sp³-hybridized carbons (Fsp3) is 0.357. The number of rotatable bonds is 4. The van der Waals surface area contributed by atoms with Crippen LogP contribution < -0.4 is 0 Å². The van der Waals surface area contributed by atoms with Crippen LogP contribution >= 0.6 is 0 Å². The summed E-state index contributed by atoms with van der Waals surface area (Å²) in [6, 6.07) is 2.28. The maximum Gasteiger partial charge on any atom is 0.419 e. The lowest BCUT2D eigenvalue weighted by atomic mass is 10.0. The second-order valence-electron chi connectivity index (χ2n) is 4.07. The van der Waals surface area contributed by atoms with E-state index in [1.807, 2.05) is 13.8 Å². The van der Waals surface area contributed by atoms with Gasteiger partial charge in [0.15, 0.2) is 5.78 Å². The highest BCUT2D eigenvalue weighted by molar-refractivity contribution is 6.05. The van der Waals surface area contributed by atoms with Crippen molar-refractivity contribution < 1.29 is 22.4 Å². The molecule has 0 atom stereocenters. The molecule has 0 heterocycles. The number of hydrogen-bond acceptors (Lipinski definition) is 1. The first-order valence-corrected chi connectivity index (χ1v) is 5.90. The Morgan fingerprint density at radius 1 is 1.21 bits per heavy atom. The van der Waals surface area contributed by atoms with Crippen LogP contribution in [0, 0.1) is 5.82 Å². The monoisotopic (exact) mass is 274 g/mol. The first-order valence-electron chi connectivity index (χ1n) is 5.90. The lowest BCUT2D eigenvalue weighted by molar-refractivity contribution is -0.140. The normalized spacial score (nSPS) is 11.3. The molecule has 0 saturated heterocycles. The molecule has 0 amide bonds. The quantitative estimate of drug-likeness (QED) is 0.439. The molecule has 0 aliphatic heterocycles. The van der Waals surface area contributed by atoms with Crippen LogP contribution in [0.4, 0.5) is 17.6 Å². The number of alkyl halides is 3. The van der Waals surface area contributed by atoms with Gasteiger partial charge in [-0.3, -0.25) is 4.79 Å². The van der Waals surface area contributed by atoms with E-state index in [1.165, 1.54) is 6.08 Å². The molecule has 0 aliphatic rings. The topological polar surface area (TPSA) is 17.1 Å². The van der Waals surface area contributed by atoms with Crippen molar-refractivity contribution in [3.63, 3.8) is 0 Å². The van der Waals surface area contributed by atoms with Crippen LogP contribution in [0.15, 0.2) is 29.8 Å². The lowest BCUT2D eigenvalue weighted by Crippen LogP contribution is -2.10. The van der Waals surface area contributed by atoms with Crippen molar-refractivity contribution in [2.24, 2.45) is 0 Å². The van der Waals surface area contributed by atoms with Crippen molar-refractivity contribution in [3.05, 3.63) is 46.8 Å². The zero-order chi connectivity index (χ0) is 14.6. The summed E-state index contributed by atoms with van der Waals surface area (Å²) in [6.07, 6.45) is -2.19. The summed E-state index contributed by atoms with van der Waals surface area (Å²) in [4.78, 5) is 11.8. The Bertz CT molecular complexity index is 495. The van der Waals surface area contributed by atoms with E-state index in [0.29, 0.717) is 25.0 Å². The molecule has 0 saturated carbocycles. The van der Waals surface area contributed by atoms with Crippen molar-refractivity contribution in [3.8, 4) is 0 Å². The minimum atomic E-state index is -4.80. The Balaban J connectivity index is 3.16. The Morgan fingerprint density at radius 2 is 1.79 bits per heavy atom. The lowest BCUT2D eigenvalue weighted by Gasteiger charge is -2.09. The maximum absolute atomic E-state index is 13.1. The Hall–Kier alpha value is -1.65. The van der Waals surface area contributed by atoms with E-state index in [-0.39, 0.29) is 5.56 Å². The van der Waals surface area contributed by atoms with Crippen molar-refractivity contribution in [1.82, 2.24) is 0 Å². The summed E-state index contributed by atoms with van der Waals surface area (Å²) in [5.41, 5.74) is -0.739. The second-order valence-corrected chi connectivity index (χ2v) is 4.07. The molecule has 0 aromatic heterocycles. The van der Waals surface area contributed by atoms with Gasteiger partial charge in [-0.1, -0.05) is 19.4 Å². The van der Waals surface area contributed by atoms with Crippen LogP contribution in [0.5, 0.6) is 0 Å². The molecule has 0 spiro atoms. The third-order valence-corrected chi connectivity index (χ3v) is 2.80. The first-order chi connectivity index (χ1) is 8.79. The largest absolute Gasteiger partial charge is 0.419 e. The van der Waals surface area contributed by atoms with Gasteiger partial charge in [0.05, 0.1) is 5.56 Å². The van der Waals surface area contributed by atoms with E-state index in [4.69, 9.17) is 0 Å². The van der Waals surface area contributed by atoms with E-state index in [0.717, 1.165) is 11.6 Å². The molecular formula is C14H14F4O. The average Bonchev–Trinajstić information content (AvgIpc) is 2.34. The highest BCUT2D eigenvalue weighted by Crippen LogP contribution is 2.32. The summed E-state index contributed by atoms with van der Waals surface area (Å²) >= 11 is 0. The van der Waals surface area contributed by atoms with Crippen LogP contribution in [0.3, 0.4) is 0 Å². The molecule has 0 aliphatic carbocycles. The van der Waals surface area contributed by atoms with Gasteiger partial charge in [0.2, 0.25) is 0 Å². The van der Waals surface area contributed by atoms with Crippen molar-refractivity contribution in [2.75, 3.05) is 0 Å². The van der Waals surface area contributed by atoms with E-state index < -0.39 is 23.3 Å². The number of allylic oxidation sites excluding steroid dienone is 2. The van der Waals surface area contributed by atoms with Gasteiger partial charge >= 0.3 is 6.18 Å². The predicted octanol–water partition coefficient (Wildman–Crippen LogP) is 4.77. The molecule has 0 fully saturated rings. The average molecular weight is 274 g/mol. The molecule has 0 unspecified atom stereocenters. The molecule has 1 aromatic rings. The van der Waals surface area contributed by atoms with Crippen LogP contribution in [-0.4, -0.2) is 5.78 Å². The van der Waals surface area contributed by atoms with E-state index in [2.05, 4.69) is 0 Å². The minimum Gasteiger partial charge on any atom is -0.289 e. The van der Waals surface area contributed by atoms with Crippen molar-refractivity contribution in [1.29, 1.82) is 0 Å². The Morgan fingerprint density at radius 3 is 2.26 bits per heavy atom. The summed E-state index contributed by atoms with van der Waals surface area (Å²) in [6.45, 7) is 3.71. The van der Waals surface area contributed by atoms with Crippen LogP contribution in [-0.2, 0) is 6.18 Å². The molecule has 0 N–H and O–H groups in total. The van der Waals surface area contributed by atoms with Crippen LogP contribution in [0.2, 0.25) is 0 Å². The molecule has 1 rings (SSSR count). The summed E-state index contributed by atoms with van der Waals surface area (Å²) < 4.78 is 50.6. The van der Waals surface area contributed by atoms with Gasteiger partial charge in [-0.15, -0.1) is 0 Å². The number of ketones is 1. The van der Waals surface area contributed by atoms with Gasteiger partial charge in [-0.05, 0) is 37.1 Å². The summed E-state index contributed by atoms with van der Waals surface area (Å²) in [5.74, 6) is -1.91. The molecule has 5 heteroatoms. The highest BCUT2D eigenvalue weighted by Gasteiger charge is 2.34. The predicted molar refractivity (Wildman–Crippen MR) is 64.4 cm³/mol. The summed E-state index contributed by atoms with van der Waals surface area (Å²) in [7, 11) is 0. The number of benzene rings is 1. The molecular weight excluding hydrogens is 260 g/mol. The zero-order valence-electron chi connectivity index (χ0n) is 10.6. The number of halogens is 4. The number of carbonyl (C=O) groups excluding carboxylic acids is 1. The van der Waals surface area contributed by atoms with Crippen molar-refractivity contribution >= 4 is 5.78 Å². The van der Waals surface area contributed by atoms with Gasteiger partial charge in [0, 0.05) is 5.56 Å². The molecule has 19 heavy (non-hydrogen) atoms. The smallest absolute Gasteiger partial charge is 0.289 e. The van der Waals surface area contributed by atoms with Gasteiger partial charge in [-0.2, -0.15) is 13.2 Å². The third-order valence-electron chi connectivity index (χ3n) is 2.80. The van der Waals surface area contributed by atoms with Gasteiger partial charge in [-0.25, -0.2) is 4.39 Å². The number of hydrogen-bond donors (Lipinski definition) is 0. The van der Waals surface area contributed by atoms with E-state index >= 15 is 0 Å². The van der Waals surface area contributed by atoms with Crippen LogP contribution in [0.1, 0.15) is 42.6 Å². The first kappa shape index (κ1) is 15.4. The minimum absolute atomic E-state index is 0.159. The highest BCUT2D eigenvalue weighted by atomic mass is 19.4. The third kappa shape index (κ3) is 3.91. The van der Waals surface area contributed by atoms with E-state index in [1.54, 1.807) is 0 Å². The molecule has 1 aromatic carbocycles. The van der Waals surface area contributed by atoms with Gasteiger partial charge in [0.1, 0.15) is 5.82 Å².